The molecule has 22 heavy (non-hydrogen) atoms. The van der Waals surface area contributed by atoms with E-state index < -0.39 is 11.0 Å². The van der Waals surface area contributed by atoms with Gasteiger partial charge in [0.1, 0.15) is 0 Å². The van der Waals surface area contributed by atoms with Gasteiger partial charge in [0, 0.05) is 6.04 Å². The molecule has 0 heterocycles. The summed E-state index contributed by atoms with van der Waals surface area (Å²) in [6.07, 6.45) is 10.3. The van der Waals surface area contributed by atoms with Gasteiger partial charge < -0.3 is 0 Å². The first-order valence-electron chi connectivity index (χ1n) is 8.35. The van der Waals surface area contributed by atoms with Gasteiger partial charge >= 0.3 is 0 Å². The quantitative estimate of drug-likeness (QED) is 0.774. The van der Waals surface area contributed by atoms with Crippen LogP contribution in [0.15, 0.2) is 42.5 Å². The lowest BCUT2D eigenvalue weighted by Gasteiger charge is -2.30. The molecule has 3 heteroatoms. The van der Waals surface area contributed by atoms with Crippen molar-refractivity contribution in [3.05, 3.63) is 48.0 Å². The van der Waals surface area contributed by atoms with Gasteiger partial charge in [-0.05, 0) is 64.4 Å². The molecule has 1 aliphatic carbocycles. The molecular weight excluding hydrogens is 290 g/mol. The van der Waals surface area contributed by atoms with E-state index in [1.807, 2.05) is 20.8 Å². The van der Waals surface area contributed by atoms with Crippen molar-refractivity contribution in [3.8, 4) is 0 Å². The van der Waals surface area contributed by atoms with Crippen LogP contribution in [0.1, 0.15) is 52.0 Å². The van der Waals surface area contributed by atoms with Gasteiger partial charge in [0.2, 0.25) is 0 Å². The molecule has 2 rings (SSSR count). The third kappa shape index (κ3) is 5.36. The molecule has 0 radical (unpaired) electrons. The molecule has 1 aliphatic rings. The maximum Gasteiger partial charge on any atom is 0.0972 e. The maximum atomic E-state index is 12.5. The molecule has 1 aromatic rings. The fourth-order valence-corrected chi connectivity index (χ4v) is 3.74. The molecule has 0 spiro atoms. The maximum absolute atomic E-state index is 12.5. The molecule has 0 bridgehead atoms. The minimum absolute atomic E-state index is 0.219. The van der Waals surface area contributed by atoms with Crippen molar-refractivity contribution in [2.75, 3.05) is 0 Å². The lowest BCUT2D eigenvalue weighted by molar-refractivity contribution is 0.398. The largest absolute Gasteiger partial charge is 0.242 e. The number of hydrogen-bond acceptors (Lipinski definition) is 1. The second-order valence-corrected chi connectivity index (χ2v) is 9.15. The van der Waals surface area contributed by atoms with Gasteiger partial charge in [-0.3, -0.25) is 0 Å². The summed E-state index contributed by atoms with van der Waals surface area (Å²) in [6, 6.07) is 10.9. The fraction of sp³-hybridized carbons (Fsp3) is 0.579. The first-order valence-corrected chi connectivity index (χ1v) is 9.50. The third-order valence-electron chi connectivity index (χ3n) is 4.21. The van der Waals surface area contributed by atoms with Crippen LogP contribution in [0, 0.1) is 5.92 Å². The predicted molar refractivity (Wildman–Crippen MR) is 96.1 cm³/mol. The van der Waals surface area contributed by atoms with Crippen LogP contribution in [0.2, 0.25) is 0 Å². The van der Waals surface area contributed by atoms with E-state index in [9.17, 15) is 4.21 Å². The Morgan fingerprint density at radius 3 is 2.59 bits per heavy atom. The first kappa shape index (κ1) is 17.4. The predicted octanol–water partition coefficient (Wildman–Crippen LogP) is 4.40. The summed E-state index contributed by atoms with van der Waals surface area (Å²) >= 11 is 0. The van der Waals surface area contributed by atoms with E-state index in [4.69, 9.17) is 0 Å². The molecular formula is C19H29NOS. The Morgan fingerprint density at radius 1 is 1.27 bits per heavy atom. The number of allylic oxidation sites excluding steroid dienone is 1. The molecule has 0 amide bonds. The van der Waals surface area contributed by atoms with Crippen molar-refractivity contribution in [1.29, 1.82) is 0 Å². The van der Waals surface area contributed by atoms with Gasteiger partial charge in [-0.1, -0.05) is 42.5 Å². The lowest BCUT2D eigenvalue weighted by Crippen LogP contribution is -2.43. The number of nitrogens with one attached hydrogen (secondary N) is 1. The Labute approximate surface area is 138 Å². The minimum Gasteiger partial charge on any atom is -0.242 e. The average Bonchev–Trinajstić information content (AvgIpc) is 2.52. The normalized spacial score (nSPS) is 21.5. The second kappa shape index (κ2) is 8.07. The lowest BCUT2D eigenvalue weighted by atomic mass is 9.87. The summed E-state index contributed by atoms with van der Waals surface area (Å²) in [5.41, 5.74) is 1.36. The van der Waals surface area contributed by atoms with Crippen molar-refractivity contribution < 1.29 is 4.21 Å². The first-order chi connectivity index (χ1) is 10.5. The Bertz CT molecular complexity index is 504. The highest BCUT2D eigenvalue weighted by molar-refractivity contribution is 7.84. The molecule has 2 nitrogen and oxygen atoms in total. The molecule has 0 fully saturated rings. The molecule has 1 aromatic carbocycles. The van der Waals surface area contributed by atoms with Crippen LogP contribution in [-0.2, 0) is 17.4 Å². The molecule has 0 aromatic heterocycles. The van der Waals surface area contributed by atoms with Crippen LogP contribution < -0.4 is 4.72 Å². The topological polar surface area (TPSA) is 29.1 Å². The minimum atomic E-state index is -1.01. The summed E-state index contributed by atoms with van der Waals surface area (Å²) < 4.78 is 15.7. The van der Waals surface area contributed by atoms with Gasteiger partial charge in [-0.15, -0.1) is 0 Å². The zero-order valence-corrected chi connectivity index (χ0v) is 14.9. The summed E-state index contributed by atoms with van der Waals surface area (Å²) in [5.74, 6) is 0.503. The SMILES string of the molecule is CC(C)(C)[S@](=O)N[C@@H](CCc1ccccc1)[C@H]1C=CCCC1. The summed E-state index contributed by atoms with van der Waals surface area (Å²) in [7, 11) is -1.01. The van der Waals surface area contributed by atoms with Crippen LogP contribution >= 0.6 is 0 Å². The van der Waals surface area contributed by atoms with E-state index in [2.05, 4.69) is 47.2 Å². The standard InChI is InChI=1S/C19H29NOS/c1-19(2,3)22(21)20-18(17-12-8-5-9-13-17)15-14-16-10-6-4-7-11-16/h4,6-8,10-12,17-18,20H,5,9,13-15H2,1-3H3/t17-,18-,22-/m0/s1. The van der Waals surface area contributed by atoms with Gasteiger partial charge in [0.15, 0.2) is 0 Å². The van der Waals surface area contributed by atoms with Crippen molar-refractivity contribution in [3.63, 3.8) is 0 Å². The molecule has 0 saturated carbocycles. The molecule has 122 valence electrons. The smallest absolute Gasteiger partial charge is 0.0972 e. The molecule has 0 unspecified atom stereocenters. The molecule has 3 atom stereocenters. The van der Waals surface area contributed by atoms with Crippen LogP contribution in [0.25, 0.3) is 0 Å². The Balaban J connectivity index is 2.02. The van der Waals surface area contributed by atoms with Crippen LogP contribution in [0.3, 0.4) is 0 Å². The summed E-state index contributed by atoms with van der Waals surface area (Å²) in [5, 5.41) is 0. The van der Waals surface area contributed by atoms with Crippen molar-refractivity contribution in [2.45, 2.75) is 63.7 Å². The highest BCUT2D eigenvalue weighted by Gasteiger charge is 2.27. The average molecular weight is 320 g/mol. The van der Waals surface area contributed by atoms with Gasteiger partial charge in [-0.25, -0.2) is 8.93 Å². The van der Waals surface area contributed by atoms with E-state index in [1.165, 1.54) is 24.8 Å². The van der Waals surface area contributed by atoms with Crippen LogP contribution in [0.4, 0.5) is 0 Å². The van der Waals surface area contributed by atoms with Crippen molar-refractivity contribution >= 4 is 11.0 Å². The number of hydrogen-bond donors (Lipinski definition) is 1. The fourth-order valence-electron chi connectivity index (χ4n) is 2.82. The van der Waals surface area contributed by atoms with E-state index in [1.54, 1.807) is 0 Å². The summed E-state index contributed by atoms with van der Waals surface area (Å²) in [4.78, 5) is 0. The molecule has 0 aliphatic heterocycles. The van der Waals surface area contributed by atoms with Crippen LogP contribution in [-0.4, -0.2) is 15.0 Å². The Kier molecular flexibility index (Phi) is 6.39. The van der Waals surface area contributed by atoms with E-state index >= 15 is 0 Å². The van der Waals surface area contributed by atoms with E-state index in [0.717, 1.165) is 12.8 Å². The van der Waals surface area contributed by atoms with Gasteiger partial charge in [0.25, 0.3) is 0 Å². The molecule has 0 saturated heterocycles. The Hall–Kier alpha value is -0.930. The van der Waals surface area contributed by atoms with E-state index in [0.29, 0.717) is 5.92 Å². The van der Waals surface area contributed by atoms with Crippen molar-refractivity contribution in [2.24, 2.45) is 5.92 Å². The number of rotatable bonds is 6. The van der Waals surface area contributed by atoms with E-state index in [-0.39, 0.29) is 10.8 Å². The summed E-state index contributed by atoms with van der Waals surface area (Å²) in [6.45, 7) is 6.09. The van der Waals surface area contributed by atoms with Gasteiger partial charge in [0.05, 0.1) is 15.7 Å². The Morgan fingerprint density at radius 2 is 2.00 bits per heavy atom. The third-order valence-corrected chi connectivity index (χ3v) is 5.84. The van der Waals surface area contributed by atoms with Gasteiger partial charge in [-0.2, -0.15) is 0 Å². The highest BCUT2D eigenvalue weighted by Crippen LogP contribution is 2.24. The molecule has 1 N–H and O–H groups in total. The van der Waals surface area contributed by atoms with Crippen molar-refractivity contribution in [1.82, 2.24) is 4.72 Å². The number of aryl methyl sites for hydroxylation is 1. The highest BCUT2D eigenvalue weighted by atomic mass is 32.2. The monoisotopic (exact) mass is 319 g/mol. The van der Waals surface area contributed by atoms with Crippen LogP contribution in [0.5, 0.6) is 0 Å². The number of benzene rings is 1. The second-order valence-electron chi connectivity index (χ2n) is 7.15. The zero-order valence-electron chi connectivity index (χ0n) is 14.0. The zero-order chi connectivity index (χ0) is 16.0.